The molecule has 102 valence electrons. The molecule has 1 aromatic heterocycles. The lowest BCUT2D eigenvalue weighted by molar-refractivity contribution is -0.276. The van der Waals surface area contributed by atoms with Gasteiger partial charge >= 0.3 is 12.5 Å². The minimum Gasteiger partial charge on any atom is -0.387 e. The monoisotopic (exact) mass is 405 g/mol. The Hall–Kier alpha value is -0.450. The van der Waals surface area contributed by atoms with Crippen molar-refractivity contribution in [2.24, 2.45) is 0 Å². The highest BCUT2D eigenvalue weighted by Crippen LogP contribution is 2.36. The average molecular weight is 405 g/mol. The maximum absolute atomic E-state index is 12.5. The molecule has 0 atom stereocenters. The molecule has 1 heterocycles. The van der Waals surface area contributed by atoms with E-state index in [0.717, 1.165) is 0 Å². The molecule has 18 heavy (non-hydrogen) atoms. The topological polar surface area (TPSA) is 22.1 Å². The number of halogens is 8. The highest BCUT2D eigenvalue weighted by molar-refractivity contribution is 14.1. The Morgan fingerprint density at radius 3 is 2.17 bits per heavy atom. The van der Waals surface area contributed by atoms with Crippen molar-refractivity contribution in [2.75, 3.05) is 0 Å². The summed E-state index contributed by atoms with van der Waals surface area (Å²) in [7, 11) is 0. The molecule has 0 aliphatic rings. The van der Waals surface area contributed by atoms with Crippen LogP contribution in [0.15, 0.2) is 6.07 Å². The lowest BCUT2D eigenvalue weighted by Crippen LogP contribution is -2.20. The third kappa shape index (κ3) is 4.04. The first-order chi connectivity index (χ1) is 8.04. The molecule has 0 unspecified atom stereocenters. The molecule has 2 nitrogen and oxygen atoms in total. The van der Waals surface area contributed by atoms with Gasteiger partial charge in [-0.25, -0.2) is 4.98 Å². The van der Waals surface area contributed by atoms with E-state index in [-0.39, 0.29) is 0 Å². The van der Waals surface area contributed by atoms with Gasteiger partial charge in [0.25, 0.3) is 0 Å². The zero-order valence-corrected chi connectivity index (χ0v) is 11.1. The molecule has 10 heteroatoms. The van der Waals surface area contributed by atoms with Crippen LogP contribution >= 0.6 is 34.2 Å². The van der Waals surface area contributed by atoms with Crippen molar-refractivity contribution in [3.63, 3.8) is 0 Å². The van der Waals surface area contributed by atoms with E-state index in [1.54, 1.807) is 0 Å². The summed E-state index contributed by atoms with van der Waals surface area (Å²) >= 11 is 6.50. The molecule has 0 spiro atoms. The first kappa shape index (κ1) is 15.6. The van der Waals surface area contributed by atoms with Crippen LogP contribution < -0.4 is 4.74 Å². The van der Waals surface area contributed by atoms with Crippen LogP contribution in [-0.2, 0) is 12.1 Å². The van der Waals surface area contributed by atoms with Gasteiger partial charge in [-0.2, -0.15) is 13.2 Å². The summed E-state index contributed by atoms with van der Waals surface area (Å²) < 4.78 is 76.6. The van der Waals surface area contributed by atoms with Gasteiger partial charge in [-0.15, -0.1) is 24.8 Å². The highest BCUT2D eigenvalue weighted by Gasteiger charge is 2.37. The van der Waals surface area contributed by atoms with E-state index in [2.05, 4.69) is 9.72 Å². The van der Waals surface area contributed by atoms with Crippen LogP contribution in [0.2, 0.25) is 0 Å². The fourth-order valence-electron chi connectivity index (χ4n) is 1.04. The predicted molar refractivity (Wildman–Crippen MR) is 58.2 cm³/mol. The van der Waals surface area contributed by atoms with Gasteiger partial charge in [-0.3, -0.25) is 0 Å². The summed E-state index contributed by atoms with van der Waals surface area (Å²) in [6.45, 7) is 0. The van der Waals surface area contributed by atoms with Crippen LogP contribution in [-0.4, -0.2) is 11.3 Å². The van der Waals surface area contributed by atoms with Crippen LogP contribution in [0.3, 0.4) is 0 Å². The lowest BCUT2D eigenvalue weighted by atomic mass is 10.2. The molecule has 0 aliphatic heterocycles. The Bertz CT molecular complexity index is 446. The smallest absolute Gasteiger partial charge is 0.387 e. The van der Waals surface area contributed by atoms with E-state index < -0.39 is 39.1 Å². The molecule has 1 rings (SSSR count). The molecule has 0 aromatic carbocycles. The number of pyridine rings is 1. The fraction of sp³-hybridized carbons (Fsp3) is 0.375. The molecule has 0 bridgehead atoms. The number of ether oxygens (including phenoxy) is 1. The quantitative estimate of drug-likeness (QED) is 0.415. The Labute approximate surface area is 115 Å². The van der Waals surface area contributed by atoms with Crippen molar-refractivity contribution >= 4 is 34.2 Å². The zero-order chi connectivity index (χ0) is 14.1. The molecule has 0 radical (unpaired) electrons. The summed E-state index contributed by atoms with van der Waals surface area (Å²) in [4.78, 5) is 3.14. The largest absolute Gasteiger partial charge is 0.574 e. The Kier molecular flexibility index (Phi) is 4.57. The average Bonchev–Trinajstić information content (AvgIpc) is 2.17. The van der Waals surface area contributed by atoms with Crippen LogP contribution in [0.4, 0.5) is 26.3 Å². The molecule has 0 saturated carbocycles. The third-order valence-electron chi connectivity index (χ3n) is 1.67. The van der Waals surface area contributed by atoms with Crippen molar-refractivity contribution < 1.29 is 31.1 Å². The number of nitrogens with zero attached hydrogens (tertiary/aromatic N) is 1. The summed E-state index contributed by atoms with van der Waals surface area (Å²) in [5.74, 6) is -1.63. The minimum absolute atomic E-state index is 0.411. The van der Waals surface area contributed by atoms with Crippen LogP contribution in [0.5, 0.6) is 5.88 Å². The molecule has 0 saturated heterocycles. The molecular weight excluding hydrogens is 402 g/mol. The fourth-order valence-corrected chi connectivity index (χ4v) is 1.78. The number of aromatic nitrogens is 1. The second-order valence-corrected chi connectivity index (χ2v) is 4.38. The summed E-state index contributed by atoms with van der Waals surface area (Å²) in [5.41, 5.74) is -1.90. The van der Waals surface area contributed by atoms with E-state index in [9.17, 15) is 26.3 Å². The summed E-state index contributed by atoms with van der Waals surface area (Å²) in [6, 6.07) is 0.506. The van der Waals surface area contributed by atoms with Crippen LogP contribution in [0.1, 0.15) is 11.3 Å². The molecule has 0 fully saturated rings. The van der Waals surface area contributed by atoms with E-state index in [0.29, 0.717) is 6.07 Å². The van der Waals surface area contributed by atoms with Gasteiger partial charge in [0, 0.05) is 0 Å². The van der Waals surface area contributed by atoms with Gasteiger partial charge in [-0.1, -0.05) is 0 Å². The van der Waals surface area contributed by atoms with E-state index in [1.165, 1.54) is 22.6 Å². The minimum atomic E-state index is -5.03. The van der Waals surface area contributed by atoms with Crippen molar-refractivity contribution in [3.05, 3.63) is 20.9 Å². The Morgan fingerprint density at radius 1 is 1.22 bits per heavy atom. The zero-order valence-electron chi connectivity index (χ0n) is 8.16. The van der Waals surface area contributed by atoms with Crippen molar-refractivity contribution in [1.29, 1.82) is 0 Å². The maximum Gasteiger partial charge on any atom is 0.574 e. The highest BCUT2D eigenvalue weighted by atomic mass is 127. The predicted octanol–water partition coefficient (Wildman–Crippen LogP) is 4.34. The summed E-state index contributed by atoms with van der Waals surface area (Å²) in [5, 5.41) is 0. The number of hydrogen-bond acceptors (Lipinski definition) is 2. The molecule has 1 aromatic rings. The molecule has 0 amide bonds. The van der Waals surface area contributed by atoms with Crippen molar-refractivity contribution in [1.82, 2.24) is 4.98 Å². The normalized spacial score (nSPS) is 12.7. The van der Waals surface area contributed by atoms with Crippen molar-refractivity contribution in [3.8, 4) is 5.88 Å². The Balaban J connectivity index is 3.27. The number of rotatable bonds is 2. The summed E-state index contributed by atoms with van der Waals surface area (Å²) in [6.07, 6.45) is -9.77. The second kappa shape index (κ2) is 5.27. The van der Waals surface area contributed by atoms with Gasteiger partial charge in [0.2, 0.25) is 5.88 Å². The van der Waals surface area contributed by atoms with Crippen LogP contribution in [0.25, 0.3) is 0 Å². The van der Waals surface area contributed by atoms with E-state index >= 15 is 0 Å². The van der Waals surface area contributed by atoms with E-state index in [4.69, 9.17) is 11.6 Å². The SMILES string of the molecule is FC(F)(F)Oc1nc(CCl)c(C(F)(F)F)cc1I. The first-order valence-corrected chi connectivity index (χ1v) is 5.74. The molecule has 0 aliphatic carbocycles. The van der Waals surface area contributed by atoms with Gasteiger partial charge in [-0.05, 0) is 28.7 Å². The lowest BCUT2D eigenvalue weighted by Gasteiger charge is -2.14. The standard InChI is InChI=1S/C8H3ClF6INO/c9-2-5-3(7(10,11)12)1-4(16)6(17-5)18-8(13,14)15/h1H,2H2. The van der Waals surface area contributed by atoms with Gasteiger partial charge < -0.3 is 4.74 Å². The Morgan fingerprint density at radius 2 is 1.78 bits per heavy atom. The second-order valence-electron chi connectivity index (χ2n) is 2.95. The number of hydrogen-bond donors (Lipinski definition) is 0. The van der Waals surface area contributed by atoms with E-state index in [1.807, 2.05) is 0 Å². The first-order valence-electron chi connectivity index (χ1n) is 4.13. The van der Waals surface area contributed by atoms with Crippen molar-refractivity contribution in [2.45, 2.75) is 18.4 Å². The van der Waals surface area contributed by atoms with Gasteiger partial charge in [0.05, 0.1) is 20.7 Å². The maximum atomic E-state index is 12.5. The van der Waals surface area contributed by atoms with Gasteiger partial charge in [0.1, 0.15) is 0 Å². The van der Waals surface area contributed by atoms with Gasteiger partial charge in [0.15, 0.2) is 0 Å². The van der Waals surface area contributed by atoms with Crippen LogP contribution in [0, 0.1) is 3.57 Å². The molecule has 0 N–H and O–H groups in total. The third-order valence-corrected chi connectivity index (χ3v) is 2.69. The number of alkyl halides is 7. The molecular formula is C8H3ClF6INO.